The molecule has 0 aliphatic carbocycles. The lowest BCUT2D eigenvalue weighted by Crippen LogP contribution is -1.98. The van der Waals surface area contributed by atoms with Gasteiger partial charge < -0.3 is 0 Å². The largest absolute Gasteiger partial charge is 0.266 e. The highest BCUT2D eigenvalue weighted by Gasteiger charge is 2.06. The van der Waals surface area contributed by atoms with Gasteiger partial charge in [-0.25, -0.2) is 0 Å². The summed E-state index contributed by atoms with van der Waals surface area (Å²) in [6.45, 7) is 4.07. The SMILES string of the molecule is CC1=NC=C(c2ccc(C)nc2)CC1. The van der Waals surface area contributed by atoms with Crippen LogP contribution in [-0.2, 0) is 0 Å². The van der Waals surface area contributed by atoms with Crippen molar-refractivity contribution in [2.24, 2.45) is 4.99 Å². The van der Waals surface area contributed by atoms with Gasteiger partial charge in [0, 0.05) is 23.8 Å². The monoisotopic (exact) mass is 186 g/mol. The molecule has 0 unspecified atom stereocenters. The van der Waals surface area contributed by atoms with E-state index < -0.39 is 0 Å². The Morgan fingerprint density at radius 1 is 1.14 bits per heavy atom. The summed E-state index contributed by atoms with van der Waals surface area (Å²) in [7, 11) is 0. The molecule has 0 spiro atoms. The minimum absolute atomic E-state index is 1.06. The van der Waals surface area contributed by atoms with Crippen LogP contribution in [-0.4, -0.2) is 10.7 Å². The quantitative estimate of drug-likeness (QED) is 0.662. The van der Waals surface area contributed by atoms with E-state index in [9.17, 15) is 0 Å². The predicted octanol–water partition coefficient (Wildman–Crippen LogP) is 2.99. The third-order valence-electron chi connectivity index (χ3n) is 2.48. The molecule has 1 aromatic heterocycles. The minimum atomic E-state index is 1.06. The molecule has 14 heavy (non-hydrogen) atoms. The van der Waals surface area contributed by atoms with Crippen molar-refractivity contribution in [2.45, 2.75) is 26.7 Å². The van der Waals surface area contributed by atoms with Crippen LogP contribution in [0.2, 0.25) is 0 Å². The van der Waals surface area contributed by atoms with Gasteiger partial charge in [-0.15, -0.1) is 0 Å². The second-order valence-corrected chi connectivity index (χ2v) is 3.71. The zero-order valence-corrected chi connectivity index (χ0v) is 8.62. The predicted molar refractivity (Wildman–Crippen MR) is 59.3 cm³/mol. The molecule has 0 bridgehead atoms. The molecule has 0 aromatic carbocycles. The van der Waals surface area contributed by atoms with Crippen molar-refractivity contribution in [2.75, 3.05) is 0 Å². The summed E-state index contributed by atoms with van der Waals surface area (Å²) in [6, 6.07) is 4.16. The lowest BCUT2D eigenvalue weighted by atomic mass is 10.0. The fourth-order valence-corrected chi connectivity index (χ4v) is 1.51. The highest BCUT2D eigenvalue weighted by Crippen LogP contribution is 2.22. The number of pyridine rings is 1. The summed E-state index contributed by atoms with van der Waals surface area (Å²) in [5.74, 6) is 0. The molecule has 2 heterocycles. The molecule has 0 atom stereocenters. The van der Waals surface area contributed by atoms with E-state index in [1.165, 1.54) is 16.8 Å². The molecule has 0 amide bonds. The van der Waals surface area contributed by atoms with Crippen molar-refractivity contribution in [3.63, 3.8) is 0 Å². The molecule has 72 valence electrons. The van der Waals surface area contributed by atoms with Crippen molar-refractivity contribution < 1.29 is 0 Å². The Morgan fingerprint density at radius 2 is 2.00 bits per heavy atom. The van der Waals surface area contributed by atoms with Crippen LogP contribution in [0.15, 0.2) is 29.5 Å². The normalized spacial score (nSPS) is 16.1. The molecule has 2 heteroatoms. The van der Waals surface area contributed by atoms with Gasteiger partial charge in [0.15, 0.2) is 0 Å². The van der Waals surface area contributed by atoms with E-state index in [-0.39, 0.29) is 0 Å². The number of aliphatic imine (C=N–C) groups is 1. The van der Waals surface area contributed by atoms with Crippen molar-refractivity contribution in [1.82, 2.24) is 4.98 Å². The van der Waals surface area contributed by atoms with Gasteiger partial charge in [-0.3, -0.25) is 9.98 Å². The Morgan fingerprint density at radius 3 is 2.57 bits per heavy atom. The smallest absolute Gasteiger partial charge is 0.0373 e. The molecule has 2 nitrogen and oxygen atoms in total. The molecule has 1 aromatic rings. The van der Waals surface area contributed by atoms with Crippen molar-refractivity contribution >= 4 is 11.3 Å². The molecule has 1 aliphatic heterocycles. The van der Waals surface area contributed by atoms with Crippen LogP contribution in [0.1, 0.15) is 31.0 Å². The van der Waals surface area contributed by atoms with Crippen LogP contribution < -0.4 is 0 Å². The van der Waals surface area contributed by atoms with Gasteiger partial charge in [0.2, 0.25) is 0 Å². The van der Waals surface area contributed by atoms with Crippen molar-refractivity contribution in [3.8, 4) is 0 Å². The first-order valence-corrected chi connectivity index (χ1v) is 4.91. The molecule has 0 saturated heterocycles. The number of nitrogens with zero attached hydrogens (tertiary/aromatic N) is 2. The molecule has 2 rings (SSSR count). The molecular weight excluding hydrogens is 172 g/mol. The van der Waals surface area contributed by atoms with E-state index in [1.54, 1.807) is 0 Å². The first-order chi connectivity index (χ1) is 6.75. The number of aryl methyl sites for hydroxylation is 1. The van der Waals surface area contributed by atoms with E-state index in [4.69, 9.17) is 0 Å². The van der Waals surface area contributed by atoms with Gasteiger partial charge in [0.05, 0.1) is 0 Å². The Bertz CT molecular complexity index is 385. The first kappa shape index (κ1) is 9.13. The van der Waals surface area contributed by atoms with Crippen LogP contribution in [0.3, 0.4) is 0 Å². The van der Waals surface area contributed by atoms with Crippen LogP contribution in [0.5, 0.6) is 0 Å². The number of allylic oxidation sites excluding steroid dienone is 1. The van der Waals surface area contributed by atoms with E-state index in [1.807, 2.05) is 25.4 Å². The number of hydrogen-bond acceptors (Lipinski definition) is 2. The second kappa shape index (κ2) is 3.74. The van der Waals surface area contributed by atoms with Gasteiger partial charge in [0.1, 0.15) is 0 Å². The standard InChI is InChI=1S/C12H14N2/c1-9-3-5-11(7-13-9)12-6-4-10(2)14-8-12/h3,5,7-8H,4,6H2,1-2H3. The van der Waals surface area contributed by atoms with Crippen LogP contribution in [0.25, 0.3) is 5.57 Å². The average molecular weight is 186 g/mol. The van der Waals surface area contributed by atoms with Gasteiger partial charge in [-0.1, -0.05) is 6.07 Å². The van der Waals surface area contributed by atoms with Gasteiger partial charge >= 0.3 is 0 Å². The number of aromatic nitrogens is 1. The lowest BCUT2D eigenvalue weighted by molar-refractivity contribution is 1.06. The molecule has 1 aliphatic rings. The van der Waals surface area contributed by atoms with Crippen molar-refractivity contribution in [3.05, 3.63) is 35.8 Å². The average Bonchev–Trinajstić information content (AvgIpc) is 2.21. The van der Waals surface area contributed by atoms with E-state index >= 15 is 0 Å². The maximum absolute atomic E-state index is 4.34. The highest BCUT2D eigenvalue weighted by atomic mass is 14.7. The van der Waals surface area contributed by atoms with Gasteiger partial charge in [0.25, 0.3) is 0 Å². The van der Waals surface area contributed by atoms with Crippen LogP contribution in [0, 0.1) is 6.92 Å². The van der Waals surface area contributed by atoms with Crippen LogP contribution in [0.4, 0.5) is 0 Å². The molecule has 0 radical (unpaired) electrons. The molecule has 0 N–H and O–H groups in total. The zero-order valence-electron chi connectivity index (χ0n) is 8.62. The summed E-state index contributed by atoms with van der Waals surface area (Å²) in [5.41, 5.74) is 4.77. The van der Waals surface area contributed by atoms with Gasteiger partial charge in [-0.2, -0.15) is 0 Å². The maximum Gasteiger partial charge on any atom is 0.0373 e. The first-order valence-electron chi connectivity index (χ1n) is 4.91. The Balaban J connectivity index is 2.28. The third-order valence-corrected chi connectivity index (χ3v) is 2.48. The number of hydrogen-bond donors (Lipinski definition) is 0. The summed E-state index contributed by atoms with van der Waals surface area (Å²) in [4.78, 5) is 8.62. The van der Waals surface area contributed by atoms with Gasteiger partial charge in [-0.05, 0) is 43.9 Å². The summed E-state index contributed by atoms with van der Waals surface area (Å²) in [6.07, 6.45) is 6.04. The van der Waals surface area contributed by atoms with Crippen LogP contribution >= 0.6 is 0 Å². The summed E-state index contributed by atoms with van der Waals surface area (Å²) in [5, 5.41) is 0. The maximum atomic E-state index is 4.34. The van der Waals surface area contributed by atoms with E-state index in [2.05, 4.69) is 23.0 Å². The number of rotatable bonds is 1. The minimum Gasteiger partial charge on any atom is -0.266 e. The fourth-order valence-electron chi connectivity index (χ4n) is 1.51. The summed E-state index contributed by atoms with van der Waals surface area (Å²) < 4.78 is 0. The van der Waals surface area contributed by atoms with E-state index in [0.29, 0.717) is 0 Å². The Labute approximate surface area is 84.4 Å². The third kappa shape index (κ3) is 1.90. The second-order valence-electron chi connectivity index (χ2n) is 3.71. The zero-order chi connectivity index (χ0) is 9.97. The summed E-state index contributed by atoms with van der Waals surface area (Å²) >= 11 is 0. The lowest BCUT2D eigenvalue weighted by Gasteiger charge is -2.10. The Kier molecular flexibility index (Phi) is 2.44. The van der Waals surface area contributed by atoms with E-state index in [0.717, 1.165) is 18.5 Å². The molecular formula is C12H14N2. The van der Waals surface area contributed by atoms with Crippen molar-refractivity contribution in [1.29, 1.82) is 0 Å². The molecule has 0 fully saturated rings. The fraction of sp³-hybridized carbons (Fsp3) is 0.333. The molecule has 0 saturated carbocycles. The highest BCUT2D eigenvalue weighted by molar-refractivity contribution is 5.87. The topological polar surface area (TPSA) is 25.2 Å². The Hall–Kier alpha value is -1.44.